The molecule has 0 bridgehead atoms. The molecular formula is C23H38N4O2. The summed E-state index contributed by atoms with van der Waals surface area (Å²) in [5, 5.41) is 6.23. The predicted molar refractivity (Wildman–Crippen MR) is 117 cm³/mol. The summed E-state index contributed by atoms with van der Waals surface area (Å²) >= 11 is 0. The number of rotatable bonds is 8. The maximum Gasteiger partial charge on any atom is 0.314 e. The first-order valence-electron chi connectivity index (χ1n) is 11.1. The highest BCUT2D eigenvalue weighted by Crippen LogP contribution is 2.27. The highest BCUT2D eigenvalue weighted by molar-refractivity contribution is 5.74. The van der Waals surface area contributed by atoms with Crippen molar-refractivity contribution in [1.29, 1.82) is 0 Å². The van der Waals surface area contributed by atoms with Crippen LogP contribution < -0.4 is 15.4 Å². The largest absolute Gasteiger partial charge is 0.497 e. The second kappa shape index (κ2) is 10.3. The van der Waals surface area contributed by atoms with Gasteiger partial charge in [-0.3, -0.25) is 9.80 Å². The number of likely N-dealkylation sites (tertiary alicyclic amines) is 2. The third-order valence-corrected chi connectivity index (χ3v) is 6.41. The Morgan fingerprint density at radius 3 is 2.45 bits per heavy atom. The standard InChI is InChI=1S/C23H38N4O2/c1-23(2,27-14-5-4-6-15-27)18-25-22(28)24-17-21(26-12-7-8-13-26)19-10-9-11-20(16-19)29-3/h9-11,16,21H,4-8,12-15,17-18H2,1-3H3,(H2,24,25,28). The zero-order chi connectivity index (χ0) is 20.7. The molecule has 0 aliphatic carbocycles. The van der Waals surface area contributed by atoms with Crippen LogP contribution >= 0.6 is 0 Å². The number of benzene rings is 1. The minimum Gasteiger partial charge on any atom is -0.497 e. The van der Waals surface area contributed by atoms with Crippen LogP contribution in [0.25, 0.3) is 0 Å². The molecule has 2 heterocycles. The summed E-state index contributed by atoms with van der Waals surface area (Å²) in [7, 11) is 1.69. The number of nitrogens with one attached hydrogen (secondary N) is 2. The lowest BCUT2D eigenvalue weighted by Gasteiger charge is -2.41. The molecule has 0 spiro atoms. The SMILES string of the molecule is COc1cccc(C(CNC(=O)NCC(C)(C)N2CCCCC2)N2CCCC2)c1. The Kier molecular flexibility index (Phi) is 7.78. The normalized spacial score (nSPS) is 19.7. The molecule has 1 aromatic carbocycles. The molecule has 0 aromatic heterocycles. The number of urea groups is 1. The summed E-state index contributed by atoms with van der Waals surface area (Å²) in [6.07, 6.45) is 6.28. The average molecular weight is 403 g/mol. The van der Waals surface area contributed by atoms with Gasteiger partial charge in [0.25, 0.3) is 0 Å². The maximum atomic E-state index is 12.6. The summed E-state index contributed by atoms with van der Waals surface area (Å²) in [6, 6.07) is 8.30. The molecular weight excluding hydrogens is 364 g/mol. The van der Waals surface area contributed by atoms with Gasteiger partial charge in [0.15, 0.2) is 0 Å². The van der Waals surface area contributed by atoms with Gasteiger partial charge in [0.05, 0.1) is 13.2 Å². The number of nitrogens with zero attached hydrogens (tertiary/aromatic N) is 2. The number of ether oxygens (including phenoxy) is 1. The van der Waals surface area contributed by atoms with Crippen LogP contribution in [0.1, 0.15) is 57.6 Å². The number of methoxy groups -OCH3 is 1. The van der Waals surface area contributed by atoms with Crippen molar-refractivity contribution < 1.29 is 9.53 Å². The lowest BCUT2D eigenvalue weighted by Crippen LogP contribution is -2.54. The Balaban J connectivity index is 1.55. The summed E-state index contributed by atoms with van der Waals surface area (Å²) in [4.78, 5) is 17.5. The number of carbonyl (C=O) groups is 1. The second-order valence-corrected chi connectivity index (χ2v) is 8.96. The fourth-order valence-electron chi connectivity index (χ4n) is 4.52. The van der Waals surface area contributed by atoms with E-state index in [0.717, 1.165) is 31.9 Å². The Labute approximate surface area is 176 Å². The van der Waals surface area contributed by atoms with E-state index in [0.29, 0.717) is 13.1 Å². The number of amides is 2. The van der Waals surface area contributed by atoms with Gasteiger partial charge < -0.3 is 15.4 Å². The van der Waals surface area contributed by atoms with Gasteiger partial charge >= 0.3 is 6.03 Å². The van der Waals surface area contributed by atoms with Crippen molar-refractivity contribution in [3.8, 4) is 5.75 Å². The van der Waals surface area contributed by atoms with Gasteiger partial charge in [-0.1, -0.05) is 18.6 Å². The number of hydrogen-bond donors (Lipinski definition) is 2. The molecule has 2 aliphatic heterocycles. The third-order valence-electron chi connectivity index (χ3n) is 6.41. The van der Waals surface area contributed by atoms with Crippen LogP contribution in [0.3, 0.4) is 0 Å². The molecule has 2 saturated heterocycles. The van der Waals surface area contributed by atoms with E-state index in [2.05, 4.69) is 46.4 Å². The highest BCUT2D eigenvalue weighted by atomic mass is 16.5. The Morgan fingerprint density at radius 1 is 1.07 bits per heavy atom. The van der Waals surface area contributed by atoms with Gasteiger partial charge in [-0.15, -0.1) is 0 Å². The molecule has 0 saturated carbocycles. The zero-order valence-corrected chi connectivity index (χ0v) is 18.4. The molecule has 2 aliphatic rings. The smallest absolute Gasteiger partial charge is 0.314 e. The monoisotopic (exact) mass is 402 g/mol. The van der Waals surface area contributed by atoms with Gasteiger partial charge in [0.2, 0.25) is 0 Å². The molecule has 1 unspecified atom stereocenters. The van der Waals surface area contributed by atoms with Crippen molar-refractivity contribution >= 4 is 6.03 Å². The summed E-state index contributed by atoms with van der Waals surface area (Å²) < 4.78 is 5.40. The summed E-state index contributed by atoms with van der Waals surface area (Å²) in [6.45, 7) is 10.1. The Bertz CT molecular complexity index is 652. The molecule has 0 radical (unpaired) electrons. The van der Waals surface area contributed by atoms with Gasteiger partial charge in [-0.25, -0.2) is 4.79 Å². The van der Waals surface area contributed by atoms with Crippen molar-refractivity contribution in [2.24, 2.45) is 0 Å². The zero-order valence-electron chi connectivity index (χ0n) is 18.4. The molecule has 1 atom stereocenters. The number of hydrogen-bond acceptors (Lipinski definition) is 4. The van der Waals surface area contributed by atoms with Crippen LogP contribution in [0.2, 0.25) is 0 Å². The lowest BCUT2D eigenvalue weighted by atomic mass is 9.98. The molecule has 2 N–H and O–H groups in total. The van der Waals surface area contributed by atoms with E-state index in [4.69, 9.17) is 4.74 Å². The van der Waals surface area contributed by atoms with E-state index in [1.165, 1.54) is 37.7 Å². The van der Waals surface area contributed by atoms with Gasteiger partial charge in [-0.05, 0) is 83.4 Å². The predicted octanol–water partition coefficient (Wildman–Crippen LogP) is 3.40. The van der Waals surface area contributed by atoms with Crippen LogP contribution in [0, 0.1) is 0 Å². The van der Waals surface area contributed by atoms with E-state index in [1.54, 1.807) is 7.11 Å². The van der Waals surface area contributed by atoms with E-state index < -0.39 is 0 Å². The summed E-state index contributed by atoms with van der Waals surface area (Å²) in [5.74, 6) is 0.861. The Hall–Kier alpha value is -1.79. The number of carbonyl (C=O) groups excluding carboxylic acids is 1. The first-order chi connectivity index (χ1) is 14.0. The van der Waals surface area contributed by atoms with Crippen LogP contribution in [-0.2, 0) is 0 Å². The fourth-order valence-corrected chi connectivity index (χ4v) is 4.52. The van der Waals surface area contributed by atoms with Crippen molar-refractivity contribution in [3.63, 3.8) is 0 Å². The minimum absolute atomic E-state index is 0.0150. The average Bonchev–Trinajstić information content (AvgIpc) is 3.28. The van der Waals surface area contributed by atoms with Crippen LogP contribution in [0.4, 0.5) is 4.79 Å². The van der Waals surface area contributed by atoms with Crippen LogP contribution in [0.5, 0.6) is 5.75 Å². The molecule has 1 aromatic rings. The molecule has 29 heavy (non-hydrogen) atoms. The minimum atomic E-state index is -0.0813. The van der Waals surface area contributed by atoms with Crippen molar-refractivity contribution in [3.05, 3.63) is 29.8 Å². The molecule has 6 heteroatoms. The molecule has 3 rings (SSSR count). The molecule has 2 fully saturated rings. The van der Waals surface area contributed by atoms with Gasteiger partial charge in [0, 0.05) is 18.6 Å². The fraction of sp³-hybridized carbons (Fsp3) is 0.696. The second-order valence-electron chi connectivity index (χ2n) is 8.96. The van der Waals surface area contributed by atoms with Crippen LogP contribution in [-0.4, -0.2) is 67.7 Å². The van der Waals surface area contributed by atoms with Crippen molar-refractivity contribution in [2.45, 2.75) is 57.5 Å². The third kappa shape index (κ3) is 6.09. The van der Waals surface area contributed by atoms with Crippen molar-refractivity contribution in [2.75, 3.05) is 46.4 Å². The van der Waals surface area contributed by atoms with E-state index in [9.17, 15) is 4.79 Å². The van der Waals surface area contributed by atoms with Gasteiger partial charge in [-0.2, -0.15) is 0 Å². The van der Waals surface area contributed by atoms with Gasteiger partial charge in [0.1, 0.15) is 5.75 Å². The topological polar surface area (TPSA) is 56.8 Å². The van der Waals surface area contributed by atoms with E-state index in [-0.39, 0.29) is 17.6 Å². The Morgan fingerprint density at radius 2 is 1.76 bits per heavy atom. The maximum absolute atomic E-state index is 12.6. The summed E-state index contributed by atoms with van der Waals surface area (Å²) in [5.41, 5.74) is 1.18. The first-order valence-corrected chi connectivity index (χ1v) is 11.1. The highest BCUT2D eigenvalue weighted by Gasteiger charge is 2.29. The van der Waals surface area contributed by atoms with E-state index >= 15 is 0 Å². The quantitative estimate of drug-likeness (QED) is 0.700. The van der Waals surface area contributed by atoms with E-state index in [1.807, 2.05) is 12.1 Å². The van der Waals surface area contributed by atoms with Crippen molar-refractivity contribution in [1.82, 2.24) is 20.4 Å². The first kappa shape index (κ1) is 21.9. The number of piperidine rings is 1. The lowest BCUT2D eigenvalue weighted by molar-refractivity contribution is 0.0959. The van der Waals surface area contributed by atoms with Crippen LogP contribution in [0.15, 0.2) is 24.3 Å². The molecule has 162 valence electrons. The molecule has 6 nitrogen and oxygen atoms in total. The molecule has 2 amide bonds.